The zero-order valence-corrected chi connectivity index (χ0v) is 14.4. The van der Waals surface area contributed by atoms with Gasteiger partial charge in [-0.25, -0.2) is 4.79 Å². The van der Waals surface area contributed by atoms with Crippen LogP contribution in [0, 0.1) is 32.1 Å². The first-order valence-corrected chi connectivity index (χ1v) is 8.16. The van der Waals surface area contributed by atoms with Crippen molar-refractivity contribution in [2.24, 2.45) is 0 Å². The van der Waals surface area contributed by atoms with Gasteiger partial charge in [0.2, 0.25) is 5.91 Å². The van der Waals surface area contributed by atoms with Gasteiger partial charge in [-0.3, -0.25) is 9.69 Å². The number of hydrogen-bond donors (Lipinski definition) is 2. The minimum Gasteiger partial charge on any atom is -0.478 e. The Bertz CT molecular complexity index is 713. The summed E-state index contributed by atoms with van der Waals surface area (Å²) in [6, 6.07) is 2.04. The predicted molar refractivity (Wildman–Crippen MR) is 91.2 cm³/mol. The van der Waals surface area contributed by atoms with E-state index in [4.69, 9.17) is 0 Å². The van der Waals surface area contributed by atoms with E-state index in [0.717, 1.165) is 31.5 Å². The fraction of sp³-hybridized carbons (Fsp3) is 0.500. The maximum Gasteiger partial charge on any atom is 0.338 e. The number of rotatable bonds is 4. The molecule has 6 nitrogen and oxygen atoms in total. The number of nitrogens with one attached hydrogen (secondary N) is 1. The van der Waals surface area contributed by atoms with E-state index in [1.165, 1.54) is 6.42 Å². The summed E-state index contributed by atoms with van der Waals surface area (Å²) in [5, 5.41) is 21.7. The van der Waals surface area contributed by atoms with Gasteiger partial charge in [-0.1, -0.05) is 6.42 Å². The standard InChI is InChI=1S/C18H23N3O3/c1-11-12(2)14(9-19)17(16(13(11)3)18(23)24)20-15(22)10-21-7-5-4-6-8-21/h4-8,10H2,1-3H3,(H,20,22)(H,23,24). The monoisotopic (exact) mass is 329 g/mol. The third-order valence-electron chi connectivity index (χ3n) is 4.78. The number of piperidine rings is 1. The fourth-order valence-electron chi connectivity index (χ4n) is 3.19. The van der Waals surface area contributed by atoms with Crippen molar-refractivity contribution in [1.82, 2.24) is 4.90 Å². The molecule has 24 heavy (non-hydrogen) atoms. The molecule has 1 aromatic rings. The Hall–Kier alpha value is -2.39. The lowest BCUT2D eigenvalue weighted by Crippen LogP contribution is -2.37. The average Bonchev–Trinajstić information content (AvgIpc) is 2.54. The lowest BCUT2D eigenvalue weighted by molar-refractivity contribution is -0.117. The van der Waals surface area contributed by atoms with Gasteiger partial charge in [-0.15, -0.1) is 0 Å². The number of anilines is 1. The number of benzene rings is 1. The van der Waals surface area contributed by atoms with E-state index < -0.39 is 5.97 Å². The molecule has 1 fully saturated rings. The van der Waals surface area contributed by atoms with Crippen molar-refractivity contribution in [3.05, 3.63) is 27.8 Å². The van der Waals surface area contributed by atoms with Gasteiger partial charge in [0.05, 0.1) is 23.4 Å². The number of hydrogen-bond acceptors (Lipinski definition) is 4. The van der Waals surface area contributed by atoms with Crippen LogP contribution in [0.3, 0.4) is 0 Å². The summed E-state index contributed by atoms with van der Waals surface area (Å²) in [4.78, 5) is 26.1. The van der Waals surface area contributed by atoms with Gasteiger partial charge < -0.3 is 10.4 Å². The number of likely N-dealkylation sites (tertiary alicyclic amines) is 1. The number of nitriles is 1. The van der Waals surface area contributed by atoms with E-state index in [0.29, 0.717) is 11.1 Å². The highest BCUT2D eigenvalue weighted by atomic mass is 16.4. The number of carbonyl (C=O) groups is 2. The van der Waals surface area contributed by atoms with Crippen molar-refractivity contribution in [3.8, 4) is 6.07 Å². The number of amides is 1. The maximum absolute atomic E-state index is 12.4. The molecule has 0 bridgehead atoms. The van der Waals surface area contributed by atoms with Gasteiger partial charge in [0.1, 0.15) is 6.07 Å². The van der Waals surface area contributed by atoms with E-state index in [-0.39, 0.29) is 29.3 Å². The third-order valence-corrected chi connectivity index (χ3v) is 4.78. The summed E-state index contributed by atoms with van der Waals surface area (Å²) in [6.45, 7) is 7.22. The summed E-state index contributed by atoms with van der Waals surface area (Å²) in [5.74, 6) is -1.42. The first kappa shape index (κ1) is 18.0. The molecular weight excluding hydrogens is 306 g/mol. The van der Waals surface area contributed by atoms with E-state index >= 15 is 0 Å². The van der Waals surface area contributed by atoms with Crippen molar-refractivity contribution >= 4 is 17.6 Å². The molecule has 1 aliphatic rings. The van der Waals surface area contributed by atoms with Gasteiger partial charge in [0.25, 0.3) is 0 Å². The van der Waals surface area contributed by atoms with Gasteiger partial charge in [0, 0.05) is 0 Å². The number of carboxylic acids is 1. The molecule has 0 saturated carbocycles. The molecule has 1 aliphatic heterocycles. The topological polar surface area (TPSA) is 93.4 Å². The van der Waals surface area contributed by atoms with Crippen LogP contribution in [-0.2, 0) is 4.79 Å². The van der Waals surface area contributed by atoms with E-state index in [9.17, 15) is 20.0 Å². The molecule has 2 N–H and O–H groups in total. The van der Waals surface area contributed by atoms with Crippen LogP contribution in [0.15, 0.2) is 0 Å². The van der Waals surface area contributed by atoms with Crippen LogP contribution < -0.4 is 5.32 Å². The van der Waals surface area contributed by atoms with E-state index in [1.54, 1.807) is 20.8 Å². The zero-order valence-electron chi connectivity index (χ0n) is 14.4. The second-order valence-corrected chi connectivity index (χ2v) is 6.30. The Balaban J connectivity index is 2.36. The Labute approximate surface area is 142 Å². The molecule has 0 aromatic heterocycles. The quantitative estimate of drug-likeness (QED) is 0.885. The van der Waals surface area contributed by atoms with Crippen molar-refractivity contribution in [3.63, 3.8) is 0 Å². The molecule has 1 amide bonds. The SMILES string of the molecule is Cc1c(C)c(C#N)c(NC(=O)CN2CCCCC2)c(C(=O)O)c1C. The van der Waals surface area contributed by atoms with Crippen LogP contribution in [0.1, 0.15) is 51.9 Å². The highest BCUT2D eigenvalue weighted by Gasteiger charge is 2.24. The normalized spacial score (nSPS) is 14.9. The minimum atomic E-state index is -1.14. The molecule has 128 valence electrons. The average molecular weight is 329 g/mol. The Morgan fingerprint density at radius 3 is 2.29 bits per heavy atom. The number of aromatic carboxylic acids is 1. The Morgan fingerprint density at radius 2 is 1.75 bits per heavy atom. The first-order chi connectivity index (χ1) is 11.4. The van der Waals surface area contributed by atoms with Crippen LogP contribution in [0.5, 0.6) is 0 Å². The Kier molecular flexibility index (Phi) is 5.58. The molecular formula is C18H23N3O3. The number of nitrogens with zero attached hydrogens (tertiary/aromatic N) is 2. The highest BCUT2D eigenvalue weighted by molar-refractivity contribution is 6.04. The van der Waals surface area contributed by atoms with Crippen LogP contribution in [0.25, 0.3) is 0 Å². The molecule has 0 spiro atoms. The molecule has 0 aliphatic carbocycles. The third kappa shape index (κ3) is 3.57. The highest BCUT2D eigenvalue weighted by Crippen LogP contribution is 2.31. The molecule has 1 aromatic carbocycles. The summed E-state index contributed by atoms with van der Waals surface area (Å²) in [7, 11) is 0. The maximum atomic E-state index is 12.4. The van der Waals surface area contributed by atoms with Crippen LogP contribution in [0.2, 0.25) is 0 Å². The van der Waals surface area contributed by atoms with Crippen LogP contribution >= 0.6 is 0 Å². The summed E-state index contributed by atoms with van der Waals surface area (Å²) >= 11 is 0. The van der Waals surface area contributed by atoms with Gasteiger partial charge in [-0.05, 0) is 63.4 Å². The van der Waals surface area contributed by atoms with Crippen molar-refractivity contribution in [2.75, 3.05) is 25.0 Å². The first-order valence-electron chi connectivity index (χ1n) is 8.16. The molecule has 1 saturated heterocycles. The van der Waals surface area contributed by atoms with Gasteiger partial charge in [0.15, 0.2) is 0 Å². The van der Waals surface area contributed by atoms with Crippen LogP contribution in [-0.4, -0.2) is 41.5 Å². The Morgan fingerprint density at radius 1 is 1.12 bits per heavy atom. The smallest absolute Gasteiger partial charge is 0.338 e. The molecule has 6 heteroatoms. The van der Waals surface area contributed by atoms with Crippen molar-refractivity contribution in [2.45, 2.75) is 40.0 Å². The number of carbonyl (C=O) groups excluding carboxylic acids is 1. The van der Waals surface area contributed by atoms with Gasteiger partial charge >= 0.3 is 5.97 Å². The summed E-state index contributed by atoms with van der Waals surface area (Å²) < 4.78 is 0. The molecule has 0 unspecified atom stereocenters. The van der Waals surface area contributed by atoms with E-state index in [2.05, 4.69) is 10.2 Å². The summed E-state index contributed by atoms with van der Waals surface area (Å²) in [5.41, 5.74) is 2.38. The van der Waals surface area contributed by atoms with Gasteiger partial charge in [-0.2, -0.15) is 5.26 Å². The fourth-order valence-corrected chi connectivity index (χ4v) is 3.19. The predicted octanol–water partition coefficient (Wildman–Crippen LogP) is 2.61. The lowest BCUT2D eigenvalue weighted by atomic mass is 9.92. The lowest BCUT2D eigenvalue weighted by Gasteiger charge is -2.26. The molecule has 1 heterocycles. The number of carboxylic acid groups (broad SMARTS) is 1. The second kappa shape index (κ2) is 7.45. The molecule has 2 rings (SSSR count). The van der Waals surface area contributed by atoms with Crippen molar-refractivity contribution in [1.29, 1.82) is 5.26 Å². The largest absolute Gasteiger partial charge is 0.478 e. The molecule has 0 radical (unpaired) electrons. The van der Waals surface area contributed by atoms with Crippen LogP contribution in [0.4, 0.5) is 5.69 Å². The summed E-state index contributed by atoms with van der Waals surface area (Å²) in [6.07, 6.45) is 3.32. The zero-order chi connectivity index (χ0) is 17.9. The van der Waals surface area contributed by atoms with E-state index in [1.807, 2.05) is 6.07 Å². The molecule has 0 atom stereocenters. The minimum absolute atomic E-state index is 0.00152. The van der Waals surface area contributed by atoms with Crippen molar-refractivity contribution < 1.29 is 14.7 Å². The second-order valence-electron chi connectivity index (χ2n) is 6.30.